The molecule has 3 rings (SSSR count). The number of methoxy groups -OCH3 is 2. The first kappa shape index (κ1) is 21.1. The number of amides is 2. The highest BCUT2D eigenvalue weighted by molar-refractivity contribution is 6.01. The number of aromatic nitrogens is 2. The Morgan fingerprint density at radius 3 is 2.47 bits per heavy atom. The molecule has 2 amide bonds. The van der Waals surface area contributed by atoms with Gasteiger partial charge in [-0.25, -0.2) is 4.68 Å². The van der Waals surface area contributed by atoms with Crippen LogP contribution in [0.1, 0.15) is 10.4 Å². The number of rotatable bonds is 9. The zero-order chi connectivity index (χ0) is 21.3. The molecule has 0 aliphatic heterocycles. The summed E-state index contributed by atoms with van der Waals surface area (Å²) in [7, 11) is 3.12. The molecule has 1 aromatic heterocycles. The van der Waals surface area contributed by atoms with Crippen molar-refractivity contribution in [3.8, 4) is 22.7 Å². The lowest BCUT2D eigenvalue weighted by molar-refractivity contribution is -0.120. The fourth-order valence-corrected chi connectivity index (χ4v) is 2.90. The largest absolute Gasteiger partial charge is 0.496 e. The molecule has 0 unspecified atom stereocenters. The number of hydrogen-bond acceptors (Lipinski definition) is 5. The normalized spacial score (nSPS) is 10.5. The van der Waals surface area contributed by atoms with Crippen LogP contribution in [0.15, 0.2) is 60.8 Å². The fraction of sp³-hybridized carbons (Fsp3) is 0.227. The average molecular weight is 408 g/mol. The summed E-state index contributed by atoms with van der Waals surface area (Å²) in [5, 5.41) is 9.95. The van der Waals surface area contributed by atoms with Crippen molar-refractivity contribution >= 4 is 11.8 Å². The van der Waals surface area contributed by atoms with Gasteiger partial charge in [-0.1, -0.05) is 30.3 Å². The number of nitrogens with zero attached hydrogens (tertiary/aromatic N) is 2. The van der Waals surface area contributed by atoms with E-state index < -0.39 is 5.91 Å². The molecule has 30 heavy (non-hydrogen) atoms. The van der Waals surface area contributed by atoms with Gasteiger partial charge in [-0.05, 0) is 24.3 Å². The van der Waals surface area contributed by atoms with Crippen LogP contribution in [0.25, 0.3) is 16.9 Å². The number of benzene rings is 2. The highest BCUT2D eigenvalue weighted by atomic mass is 16.5. The molecule has 0 fully saturated rings. The Morgan fingerprint density at radius 2 is 1.73 bits per heavy atom. The van der Waals surface area contributed by atoms with Crippen molar-refractivity contribution in [3.63, 3.8) is 0 Å². The van der Waals surface area contributed by atoms with E-state index in [1.165, 1.54) is 0 Å². The van der Waals surface area contributed by atoms with Crippen molar-refractivity contribution in [1.29, 1.82) is 0 Å². The summed E-state index contributed by atoms with van der Waals surface area (Å²) in [5.41, 5.74) is 2.30. The second kappa shape index (κ2) is 10.2. The van der Waals surface area contributed by atoms with E-state index in [-0.39, 0.29) is 12.5 Å². The predicted molar refractivity (Wildman–Crippen MR) is 113 cm³/mol. The molecule has 8 nitrogen and oxygen atoms in total. The Balaban J connectivity index is 1.89. The number of carbonyl (C=O) groups is 2. The van der Waals surface area contributed by atoms with Crippen molar-refractivity contribution in [1.82, 2.24) is 20.4 Å². The van der Waals surface area contributed by atoms with Crippen LogP contribution in [0.3, 0.4) is 0 Å². The lowest BCUT2D eigenvalue weighted by Gasteiger charge is -2.09. The first-order valence-corrected chi connectivity index (χ1v) is 9.46. The molecule has 156 valence electrons. The van der Waals surface area contributed by atoms with Gasteiger partial charge in [-0.15, -0.1) is 0 Å². The first-order chi connectivity index (χ1) is 14.6. The van der Waals surface area contributed by atoms with Crippen LogP contribution in [0.5, 0.6) is 5.75 Å². The van der Waals surface area contributed by atoms with Crippen LogP contribution >= 0.6 is 0 Å². The van der Waals surface area contributed by atoms with E-state index in [1.54, 1.807) is 25.1 Å². The highest BCUT2D eigenvalue weighted by Gasteiger charge is 2.21. The summed E-state index contributed by atoms with van der Waals surface area (Å²) in [6.45, 7) is 0.634. The van der Waals surface area contributed by atoms with Gasteiger partial charge in [0.15, 0.2) is 0 Å². The minimum Gasteiger partial charge on any atom is -0.496 e. The number of carbonyl (C=O) groups excluding carboxylic acids is 2. The zero-order valence-corrected chi connectivity index (χ0v) is 16.9. The van der Waals surface area contributed by atoms with Gasteiger partial charge in [-0.2, -0.15) is 5.10 Å². The molecule has 0 bridgehead atoms. The Bertz CT molecular complexity index is 1000. The molecule has 8 heteroatoms. The van der Waals surface area contributed by atoms with Crippen molar-refractivity contribution in [2.45, 2.75) is 0 Å². The highest BCUT2D eigenvalue weighted by Crippen LogP contribution is 2.31. The lowest BCUT2D eigenvalue weighted by Crippen LogP contribution is -2.38. The van der Waals surface area contributed by atoms with Gasteiger partial charge in [0, 0.05) is 25.4 Å². The third-order valence-electron chi connectivity index (χ3n) is 4.38. The molecule has 0 atom stereocenters. The molecule has 0 saturated carbocycles. The van der Waals surface area contributed by atoms with E-state index in [0.717, 1.165) is 5.69 Å². The van der Waals surface area contributed by atoms with E-state index in [1.807, 2.05) is 54.6 Å². The van der Waals surface area contributed by atoms with Crippen LogP contribution in [-0.4, -0.2) is 55.5 Å². The van der Waals surface area contributed by atoms with Gasteiger partial charge in [0.05, 0.1) is 31.5 Å². The van der Waals surface area contributed by atoms with Crippen LogP contribution in [-0.2, 0) is 9.53 Å². The van der Waals surface area contributed by atoms with Crippen LogP contribution < -0.4 is 15.4 Å². The zero-order valence-electron chi connectivity index (χ0n) is 16.9. The number of nitrogens with one attached hydrogen (secondary N) is 2. The third kappa shape index (κ3) is 5.03. The van der Waals surface area contributed by atoms with Crippen molar-refractivity contribution < 1.29 is 19.1 Å². The second-order valence-corrected chi connectivity index (χ2v) is 6.40. The Kier molecular flexibility index (Phi) is 7.18. The molecule has 2 aromatic carbocycles. The minimum atomic E-state index is -0.403. The smallest absolute Gasteiger partial charge is 0.255 e. The maximum atomic E-state index is 12.9. The van der Waals surface area contributed by atoms with Gasteiger partial charge >= 0.3 is 0 Å². The van der Waals surface area contributed by atoms with E-state index in [2.05, 4.69) is 15.7 Å². The molecular weight excluding hydrogens is 384 g/mol. The molecule has 0 aliphatic carbocycles. The number of hydrogen-bond donors (Lipinski definition) is 2. The van der Waals surface area contributed by atoms with Crippen molar-refractivity contribution in [2.24, 2.45) is 0 Å². The summed E-state index contributed by atoms with van der Waals surface area (Å²) in [6.07, 6.45) is 1.65. The van der Waals surface area contributed by atoms with Gasteiger partial charge < -0.3 is 20.1 Å². The standard InChI is InChI=1S/C22H24N4O4/c1-29-13-12-23-20(27)14-24-22(28)18-15-26(16-8-4-3-5-9-16)25-21(18)17-10-6-7-11-19(17)30-2/h3-11,15H,12-14H2,1-2H3,(H,23,27)(H,24,28). The Hall–Kier alpha value is -3.65. The molecular formula is C22H24N4O4. The van der Waals surface area contributed by atoms with Crippen LogP contribution in [0.4, 0.5) is 0 Å². The van der Waals surface area contributed by atoms with E-state index in [9.17, 15) is 9.59 Å². The van der Waals surface area contributed by atoms with E-state index >= 15 is 0 Å². The van der Waals surface area contributed by atoms with Gasteiger partial charge in [0.1, 0.15) is 11.4 Å². The summed E-state index contributed by atoms with van der Waals surface area (Å²) < 4.78 is 12.0. The fourth-order valence-electron chi connectivity index (χ4n) is 2.90. The van der Waals surface area contributed by atoms with E-state index in [0.29, 0.717) is 35.7 Å². The van der Waals surface area contributed by atoms with E-state index in [4.69, 9.17) is 9.47 Å². The van der Waals surface area contributed by atoms with Crippen molar-refractivity contribution in [2.75, 3.05) is 33.9 Å². The van der Waals surface area contributed by atoms with Gasteiger partial charge in [-0.3, -0.25) is 9.59 Å². The predicted octanol–water partition coefficient (Wildman–Crippen LogP) is 2.04. The molecule has 0 radical (unpaired) electrons. The van der Waals surface area contributed by atoms with Gasteiger partial charge in [0.25, 0.3) is 5.91 Å². The van der Waals surface area contributed by atoms with Crippen LogP contribution in [0.2, 0.25) is 0 Å². The lowest BCUT2D eigenvalue weighted by atomic mass is 10.1. The quantitative estimate of drug-likeness (QED) is 0.529. The topological polar surface area (TPSA) is 94.5 Å². The molecule has 0 saturated heterocycles. The number of para-hydroxylation sites is 2. The third-order valence-corrected chi connectivity index (χ3v) is 4.38. The summed E-state index contributed by atoms with van der Waals surface area (Å²) in [4.78, 5) is 24.8. The SMILES string of the molecule is COCCNC(=O)CNC(=O)c1cn(-c2ccccc2)nc1-c1ccccc1OC. The maximum absolute atomic E-state index is 12.9. The molecule has 0 spiro atoms. The summed E-state index contributed by atoms with van der Waals surface area (Å²) in [5.74, 6) is -0.100. The van der Waals surface area contributed by atoms with Crippen LogP contribution in [0, 0.1) is 0 Å². The first-order valence-electron chi connectivity index (χ1n) is 9.46. The summed E-state index contributed by atoms with van der Waals surface area (Å²) in [6, 6.07) is 16.8. The average Bonchev–Trinajstić information content (AvgIpc) is 3.23. The Labute approximate surface area is 174 Å². The Morgan fingerprint density at radius 1 is 1.00 bits per heavy atom. The second-order valence-electron chi connectivity index (χ2n) is 6.40. The maximum Gasteiger partial charge on any atom is 0.255 e. The van der Waals surface area contributed by atoms with Crippen molar-refractivity contribution in [3.05, 3.63) is 66.4 Å². The monoisotopic (exact) mass is 408 g/mol. The molecule has 2 N–H and O–H groups in total. The molecule has 0 aliphatic rings. The minimum absolute atomic E-state index is 0.148. The summed E-state index contributed by atoms with van der Waals surface area (Å²) >= 11 is 0. The van der Waals surface area contributed by atoms with Gasteiger partial charge in [0.2, 0.25) is 5.91 Å². The molecule has 3 aromatic rings. The molecule has 1 heterocycles. The number of ether oxygens (including phenoxy) is 2.